The van der Waals surface area contributed by atoms with Crippen LogP contribution in [0.3, 0.4) is 0 Å². The summed E-state index contributed by atoms with van der Waals surface area (Å²) in [4.78, 5) is 0. The number of aliphatic hydroxyl groups is 4. The minimum Gasteiger partial charge on any atom is -0.393 e. The van der Waals surface area contributed by atoms with E-state index in [0.717, 1.165) is 104 Å². The third-order valence-corrected chi connectivity index (χ3v) is 20.7. The van der Waals surface area contributed by atoms with Gasteiger partial charge in [-0.1, -0.05) is 53.2 Å². The first kappa shape index (κ1) is 43.7. The molecule has 0 radical (unpaired) electrons. The molecule has 0 aromatic heterocycles. The molecule has 4 heteroatoms. The minimum atomic E-state index is -0.532. The zero-order valence-corrected chi connectivity index (χ0v) is 38.2. The van der Waals surface area contributed by atoms with Crippen LogP contribution in [0, 0.1) is 86.8 Å². The maximum Gasteiger partial charge on any atom is 0.0591 e. The van der Waals surface area contributed by atoms with E-state index < -0.39 is 11.2 Å². The molecule has 0 saturated heterocycles. The van der Waals surface area contributed by atoms with Crippen molar-refractivity contribution in [1.29, 1.82) is 0 Å². The monoisotopic (exact) mass is 779 g/mol. The fourth-order valence-corrected chi connectivity index (χ4v) is 17.4. The van der Waals surface area contributed by atoms with E-state index in [1.165, 1.54) is 89.9 Å². The Balaban J connectivity index is 0.000000172. The molecular formula is C52H90O4. The summed E-state index contributed by atoms with van der Waals surface area (Å²) < 4.78 is 0. The van der Waals surface area contributed by atoms with E-state index in [2.05, 4.69) is 47.6 Å². The molecule has 4 N–H and O–H groups in total. The quantitative estimate of drug-likeness (QED) is 0.185. The topological polar surface area (TPSA) is 80.9 Å². The molecule has 322 valence electrons. The molecule has 0 aliphatic heterocycles. The highest BCUT2D eigenvalue weighted by Crippen LogP contribution is 2.69. The molecule has 0 heterocycles. The zero-order chi connectivity index (χ0) is 40.6. The second-order valence-corrected chi connectivity index (χ2v) is 24.9. The molecule has 0 aromatic rings. The van der Waals surface area contributed by atoms with E-state index in [4.69, 9.17) is 0 Å². The van der Waals surface area contributed by atoms with Crippen LogP contribution in [0.4, 0.5) is 0 Å². The first-order valence-corrected chi connectivity index (χ1v) is 24.6. The number of aliphatic hydroxyl groups excluding tert-OH is 2. The summed E-state index contributed by atoms with van der Waals surface area (Å²) in [7, 11) is 0. The van der Waals surface area contributed by atoms with E-state index in [1.54, 1.807) is 5.57 Å². The maximum atomic E-state index is 10.2. The number of fused-ring (bicyclic) bond motifs is 10. The predicted octanol–water partition coefficient (Wildman–Crippen LogP) is 12.3. The van der Waals surface area contributed by atoms with Gasteiger partial charge in [-0.05, 0) is 249 Å². The van der Waals surface area contributed by atoms with Gasteiger partial charge in [0.25, 0.3) is 0 Å². The highest BCUT2D eigenvalue weighted by molar-refractivity contribution is 5.25. The first-order valence-electron chi connectivity index (χ1n) is 24.6. The molecule has 0 aromatic carbocycles. The summed E-state index contributed by atoms with van der Waals surface area (Å²) in [6.07, 6.45) is 28.4. The maximum absolute atomic E-state index is 10.2. The molecule has 7 fully saturated rings. The molecule has 17 atom stereocenters. The third-order valence-electron chi connectivity index (χ3n) is 20.7. The number of hydrogen-bond donors (Lipinski definition) is 4. The van der Waals surface area contributed by atoms with Gasteiger partial charge in [-0.2, -0.15) is 0 Å². The Morgan fingerprint density at radius 1 is 0.589 bits per heavy atom. The number of hydrogen-bond acceptors (Lipinski definition) is 4. The molecule has 8 aliphatic rings. The Kier molecular flexibility index (Phi) is 12.3. The van der Waals surface area contributed by atoms with Gasteiger partial charge in [0.05, 0.1) is 23.4 Å². The van der Waals surface area contributed by atoms with Crippen LogP contribution in [0.2, 0.25) is 0 Å². The zero-order valence-electron chi connectivity index (χ0n) is 38.2. The van der Waals surface area contributed by atoms with Crippen molar-refractivity contribution in [3.8, 4) is 0 Å². The molecule has 0 amide bonds. The second-order valence-electron chi connectivity index (χ2n) is 24.9. The molecule has 1 unspecified atom stereocenters. The van der Waals surface area contributed by atoms with Crippen LogP contribution in [0.15, 0.2) is 11.6 Å². The van der Waals surface area contributed by atoms with Crippen molar-refractivity contribution in [3.63, 3.8) is 0 Å². The lowest BCUT2D eigenvalue weighted by Gasteiger charge is -2.61. The van der Waals surface area contributed by atoms with Gasteiger partial charge in [0.2, 0.25) is 0 Å². The largest absolute Gasteiger partial charge is 0.393 e. The average molecular weight is 779 g/mol. The summed E-state index contributed by atoms with van der Waals surface area (Å²) in [6.45, 7) is 23.2. The molecule has 0 spiro atoms. The van der Waals surface area contributed by atoms with Gasteiger partial charge in [0.1, 0.15) is 0 Å². The van der Waals surface area contributed by atoms with Crippen LogP contribution in [0.1, 0.15) is 204 Å². The summed E-state index contributed by atoms with van der Waals surface area (Å²) in [6, 6.07) is 0. The van der Waals surface area contributed by atoms with E-state index >= 15 is 0 Å². The Bertz CT molecular complexity index is 1390. The number of rotatable bonds is 8. The van der Waals surface area contributed by atoms with Crippen molar-refractivity contribution in [2.45, 2.75) is 227 Å². The molecule has 7 saturated carbocycles. The van der Waals surface area contributed by atoms with Gasteiger partial charge in [-0.3, -0.25) is 0 Å². The SMILES string of the molecule is C[C@H](CCC(C)(C)O)[C@H]1CC[C@H]2[C@@H]3CC=C4C[C@@H](O)CC[C@]4(C)[C@H]3CC[C@]12C.C[C@H](CCC(C)(C)O)[C@H]1CC[C@H]2[C@@H]3CCC4C[C@@H](O)CC[C@]4(C)[C@H]3CC[C@]12C. The molecule has 56 heavy (non-hydrogen) atoms. The van der Waals surface area contributed by atoms with Crippen molar-refractivity contribution in [1.82, 2.24) is 0 Å². The van der Waals surface area contributed by atoms with Crippen LogP contribution in [0.5, 0.6) is 0 Å². The lowest BCUT2D eigenvalue weighted by atomic mass is 9.44. The van der Waals surface area contributed by atoms with E-state index in [1.807, 2.05) is 27.7 Å². The highest BCUT2D eigenvalue weighted by Gasteiger charge is 2.61. The number of allylic oxidation sites excluding steroid dienone is 1. The Hall–Kier alpha value is -0.420. The van der Waals surface area contributed by atoms with Gasteiger partial charge in [0, 0.05) is 0 Å². The van der Waals surface area contributed by atoms with E-state index in [-0.39, 0.29) is 12.2 Å². The predicted molar refractivity (Wildman–Crippen MR) is 232 cm³/mol. The summed E-state index contributed by atoms with van der Waals surface area (Å²) in [5.41, 5.74) is 2.40. The smallest absolute Gasteiger partial charge is 0.0591 e. The lowest BCUT2D eigenvalue weighted by Crippen LogP contribution is -2.54. The van der Waals surface area contributed by atoms with Gasteiger partial charge in [-0.25, -0.2) is 0 Å². The molecular weight excluding hydrogens is 689 g/mol. The Labute approximate surface area is 345 Å². The Morgan fingerprint density at radius 3 is 1.66 bits per heavy atom. The first-order chi connectivity index (χ1) is 26.1. The standard InChI is InChI=1S/C26H46O2.C26H44O2/c2*1-17(10-13-24(2,3)28)21-8-9-22-20-7-6-18-16-19(27)11-14-25(18,4)23(20)12-15-26(21,22)5/h17-23,27-28H,6-16H2,1-5H3;6,17,19-23,27-28H,7-16H2,1-5H3/t17-,18?,19+,20+,21-,22+,23+,25+,26-;17-,19+,20+,21-,22+,23+,25+,26-/m11/s1. The second kappa shape index (κ2) is 15.8. The van der Waals surface area contributed by atoms with Crippen LogP contribution >= 0.6 is 0 Å². The van der Waals surface area contributed by atoms with Crippen molar-refractivity contribution in [3.05, 3.63) is 11.6 Å². The van der Waals surface area contributed by atoms with Crippen LogP contribution in [-0.4, -0.2) is 43.8 Å². The summed E-state index contributed by atoms with van der Waals surface area (Å²) >= 11 is 0. The Morgan fingerprint density at radius 2 is 1.09 bits per heavy atom. The van der Waals surface area contributed by atoms with Crippen molar-refractivity contribution >= 4 is 0 Å². The summed E-state index contributed by atoms with van der Waals surface area (Å²) in [5.74, 6) is 9.22. The normalized spacial score (nSPS) is 48.4. The van der Waals surface area contributed by atoms with Crippen molar-refractivity contribution in [2.24, 2.45) is 86.8 Å². The van der Waals surface area contributed by atoms with Gasteiger partial charge in [0.15, 0.2) is 0 Å². The fraction of sp³-hybridized carbons (Fsp3) is 0.962. The molecule has 4 nitrogen and oxygen atoms in total. The molecule has 0 bridgehead atoms. The van der Waals surface area contributed by atoms with Crippen LogP contribution in [-0.2, 0) is 0 Å². The minimum absolute atomic E-state index is 0.0315. The van der Waals surface area contributed by atoms with Gasteiger partial charge in [-0.15, -0.1) is 0 Å². The van der Waals surface area contributed by atoms with E-state index in [0.29, 0.717) is 27.6 Å². The average Bonchev–Trinajstić information content (AvgIpc) is 3.67. The van der Waals surface area contributed by atoms with Crippen molar-refractivity contribution in [2.75, 3.05) is 0 Å². The van der Waals surface area contributed by atoms with Crippen LogP contribution < -0.4 is 0 Å². The van der Waals surface area contributed by atoms with Gasteiger partial charge < -0.3 is 20.4 Å². The van der Waals surface area contributed by atoms with Crippen molar-refractivity contribution < 1.29 is 20.4 Å². The van der Waals surface area contributed by atoms with Gasteiger partial charge >= 0.3 is 0 Å². The van der Waals surface area contributed by atoms with E-state index in [9.17, 15) is 20.4 Å². The third kappa shape index (κ3) is 8.06. The van der Waals surface area contributed by atoms with Crippen LogP contribution in [0.25, 0.3) is 0 Å². The fourth-order valence-electron chi connectivity index (χ4n) is 17.4. The molecule has 8 aliphatic carbocycles. The highest BCUT2D eigenvalue weighted by atomic mass is 16.3. The lowest BCUT2D eigenvalue weighted by molar-refractivity contribution is -0.129. The molecule has 8 rings (SSSR count). The summed E-state index contributed by atoms with van der Waals surface area (Å²) in [5, 5.41) is 40.8.